The van der Waals surface area contributed by atoms with Crippen LogP contribution in [-0.2, 0) is 0 Å². The second kappa shape index (κ2) is 7.97. The van der Waals surface area contributed by atoms with Crippen molar-refractivity contribution >= 4 is 30.1 Å². The van der Waals surface area contributed by atoms with Gasteiger partial charge in [-0.05, 0) is 33.4 Å². The summed E-state index contributed by atoms with van der Waals surface area (Å²) in [4.78, 5) is 23.7. The van der Waals surface area contributed by atoms with E-state index in [0.29, 0.717) is 10.4 Å². The van der Waals surface area contributed by atoms with Crippen LogP contribution in [0.3, 0.4) is 0 Å². The lowest BCUT2D eigenvalue weighted by atomic mass is 9.89. The molecule has 0 radical (unpaired) electrons. The van der Waals surface area contributed by atoms with Gasteiger partial charge in [0.15, 0.2) is 0 Å². The summed E-state index contributed by atoms with van der Waals surface area (Å²) in [6.45, 7) is 0. The molecule has 4 aromatic carbocycles. The van der Waals surface area contributed by atoms with Crippen molar-refractivity contribution in [2.24, 2.45) is 0 Å². The second-order valence-electron chi connectivity index (χ2n) is 7.64. The average Bonchev–Trinajstić information content (AvgIpc) is 3.08. The van der Waals surface area contributed by atoms with Crippen LogP contribution in [0.1, 0.15) is 22.3 Å². The van der Waals surface area contributed by atoms with Crippen LogP contribution in [0.25, 0.3) is 21.5 Å². The average molecular weight is 419 g/mol. The molecule has 0 bridgehead atoms. The molecule has 2 nitrogen and oxygen atoms in total. The number of benzene rings is 4. The molecule has 0 spiro atoms. The molecule has 0 saturated carbocycles. The fourth-order valence-electron chi connectivity index (χ4n) is 4.41. The van der Waals surface area contributed by atoms with Gasteiger partial charge < -0.3 is 9.59 Å². The lowest BCUT2D eigenvalue weighted by Crippen LogP contribution is -2.37. The van der Waals surface area contributed by atoms with E-state index in [1.54, 1.807) is 0 Å². The number of rotatable bonds is 4. The van der Waals surface area contributed by atoms with E-state index < -0.39 is 8.56 Å². The van der Waals surface area contributed by atoms with Gasteiger partial charge in [0.1, 0.15) is 0 Å². The standard InChI is InChI=1S/C28H22O2Si/c29-31(30)27(23-17-9-3-10-18-23)25(21-13-5-1-6-14-21)26(22-15-7-2-8-16-22)28(31)24-19-11-4-12-20-24/h1-20,29-30H. The summed E-state index contributed by atoms with van der Waals surface area (Å²) in [5.41, 5.74) is 5.44. The molecule has 0 aromatic heterocycles. The molecule has 0 amide bonds. The Balaban J connectivity index is 1.92. The normalized spacial score (nSPS) is 15.4. The molecular formula is C28H22O2Si. The monoisotopic (exact) mass is 418 g/mol. The third kappa shape index (κ3) is 3.39. The zero-order valence-corrected chi connectivity index (χ0v) is 17.9. The van der Waals surface area contributed by atoms with Gasteiger partial charge in [0.25, 0.3) is 0 Å². The van der Waals surface area contributed by atoms with E-state index in [1.165, 1.54) is 0 Å². The highest BCUT2D eigenvalue weighted by Crippen LogP contribution is 2.53. The van der Waals surface area contributed by atoms with Crippen molar-refractivity contribution in [2.75, 3.05) is 0 Å². The van der Waals surface area contributed by atoms with Crippen molar-refractivity contribution in [3.63, 3.8) is 0 Å². The minimum atomic E-state index is -4.01. The highest BCUT2D eigenvalue weighted by Gasteiger charge is 2.50. The maximum absolute atomic E-state index is 11.9. The first-order valence-electron chi connectivity index (χ1n) is 10.3. The Morgan fingerprint density at radius 2 is 0.613 bits per heavy atom. The second-order valence-corrected chi connectivity index (χ2v) is 9.98. The molecule has 0 atom stereocenters. The van der Waals surface area contributed by atoms with Crippen LogP contribution in [0.15, 0.2) is 121 Å². The number of hydrogen-bond donors (Lipinski definition) is 2. The van der Waals surface area contributed by atoms with Gasteiger partial charge in [-0.1, -0.05) is 121 Å². The van der Waals surface area contributed by atoms with Gasteiger partial charge in [-0.2, -0.15) is 0 Å². The molecule has 1 aliphatic heterocycles. The summed E-state index contributed by atoms with van der Waals surface area (Å²) in [5.74, 6) is 0. The van der Waals surface area contributed by atoms with Gasteiger partial charge in [0, 0.05) is 10.4 Å². The summed E-state index contributed by atoms with van der Waals surface area (Å²) < 4.78 is 0. The van der Waals surface area contributed by atoms with Crippen LogP contribution >= 0.6 is 0 Å². The Kier molecular flexibility index (Phi) is 5.00. The van der Waals surface area contributed by atoms with Crippen LogP contribution < -0.4 is 0 Å². The zero-order chi connectivity index (χ0) is 21.3. The third-order valence-corrected chi connectivity index (χ3v) is 8.17. The molecule has 150 valence electrons. The lowest BCUT2D eigenvalue weighted by molar-refractivity contribution is 0.405. The Hall–Kier alpha value is -3.50. The Labute approximate surface area is 183 Å². The van der Waals surface area contributed by atoms with Crippen LogP contribution in [0.5, 0.6) is 0 Å². The summed E-state index contributed by atoms with van der Waals surface area (Å²) in [6.07, 6.45) is 0. The molecule has 2 N–H and O–H groups in total. The molecule has 0 saturated heterocycles. The van der Waals surface area contributed by atoms with Crippen molar-refractivity contribution < 1.29 is 9.59 Å². The zero-order valence-electron chi connectivity index (χ0n) is 16.9. The smallest absolute Gasteiger partial charge is 0.404 e. The van der Waals surface area contributed by atoms with Gasteiger partial charge in [0.2, 0.25) is 0 Å². The van der Waals surface area contributed by atoms with E-state index in [-0.39, 0.29) is 0 Å². The Bertz CT molecular complexity index is 1160. The Morgan fingerprint density at radius 1 is 0.355 bits per heavy atom. The van der Waals surface area contributed by atoms with Crippen molar-refractivity contribution in [1.82, 2.24) is 0 Å². The molecule has 3 heteroatoms. The van der Waals surface area contributed by atoms with Gasteiger partial charge >= 0.3 is 8.56 Å². The fourth-order valence-corrected chi connectivity index (χ4v) is 7.04. The summed E-state index contributed by atoms with van der Waals surface area (Å²) in [6, 6.07) is 39.6. The maximum Gasteiger partial charge on any atom is 0.404 e. The van der Waals surface area contributed by atoms with Crippen molar-refractivity contribution in [2.45, 2.75) is 0 Å². The van der Waals surface area contributed by atoms with Crippen LogP contribution in [-0.4, -0.2) is 18.2 Å². The van der Waals surface area contributed by atoms with E-state index in [2.05, 4.69) is 0 Å². The topological polar surface area (TPSA) is 40.5 Å². The highest BCUT2D eigenvalue weighted by atomic mass is 28.4. The minimum Gasteiger partial charge on any atom is -0.404 e. The first-order chi connectivity index (χ1) is 15.2. The number of hydrogen-bond acceptors (Lipinski definition) is 2. The van der Waals surface area contributed by atoms with Crippen molar-refractivity contribution in [3.8, 4) is 0 Å². The largest absolute Gasteiger partial charge is 0.404 e. The minimum absolute atomic E-state index is 0.636. The van der Waals surface area contributed by atoms with Gasteiger partial charge in [-0.25, -0.2) is 0 Å². The molecule has 4 aromatic rings. The quantitative estimate of drug-likeness (QED) is 0.416. The molecule has 1 heterocycles. The maximum atomic E-state index is 11.9. The Morgan fingerprint density at radius 3 is 0.903 bits per heavy atom. The number of allylic oxidation sites excluding steroid dienone is 2. The summed E-state index contributed by atoms with van der Waals surface area (Å²) in [5, 5.41) is 1.27. The summed E-state index contributed by atoms with van der Waals surface area (Å²) >= 11 is 0. The first-order valence-corrected chi connectivity index (χ1v) is 12.2. The van der Waals surface area contributed by atoms with Gasteiger partial charge in [0.05, 0.1) is 0 Å². The summed E-state index contributed by atoms with van der Waals surface area (Å²) in [7, 11) is -4.01. The molecule has 1 aliphatic rings. The molecule has 0 fully saturated rings. The van der Waals surface area contributed by atoms with E-state index in [4.69, 9.17) is 0 Å². The highest BCUT2D eigenvalue weighted by molar-refractivity contribution is 7.05. The van der Waals surface area contributed by atoms with Crippen LogP contribution in [0.2, 0.25) is 0 Å². The van der Waals surface area contributed by atoms with E-state index in [9.17, 15) is 9.59 Å². The third-order valence-electron chi connectivity index (χ3n) is 5.70. The van der Waals surface area contributed by atoms with Gasteiger partial charge in [-0.15, -0.1) is 0 Å². The fraction of sp³-hybridized carbons (Fsp3) is 0. The molecule has 31 heavy (non-hydrogen) atoms. The van der Waals surface area contributed by atoms with E-state index in [1.807, 2.05) is 121 Å². The van der Waals surface area contributed by atoms with Crippen LogP contribution in [0, 0.1) is 0 Å². The molecule has 0 unspecified atom stereocenters. The predicted octanol–water partition coefficient (Wildman–Crippen LogP) is 5.73. The van der Waals surface area contributed by atoms with Crippen molar-refractivity contribution in [3.05, 3.63) is 144 Å². The molecule has 5 rings (SSSR count). The van der Waals surface area contributed by atoms with Gasteiger partial charge in [-0.3, -0.25) is 0 Å². The van der Waals surface area contributed by atoms with Crippen LogP contribution in [0.4, 0.5) is 0 Å². The van der Waals surface area contributed by atoms with E-state index >= 15 is 0 Å². The van der Waals surface area contributed by atoms with Crippen molar-refractivity contribution in [1.29, 1.82) is 0 Å². The first kappa shape index (κ1) is 19.5. The lowest BCUT2D eigenvalue weighted by Gasteiger charge is -2.21. The molecular weight excluding hydrogens is 396 g/mol. The predicted molar refractivity (Wildman–Crippen MR) is 130 cm³/mol. The SMILES string of the molecule is O[Si]1(O)C(c2ccccc2)=C(c2ccccc2)C(c2ccccc2)=C1c1ccccc1. The van der Waals surface area contributed by atoms with E-state index in [0.717, 1.165) is 33.4 Å². The molecule has 0 aliphatic carbocycles.